The Morgan fingerprint density at radius 2 is 1.94 bits per heavy atom. The largest absolute Gasteiger partial charge is 0.336 e. The highest BCUT2D eigenvalue weighted by atomic mass is 15.0. The van der Waals surface area contributed by atoms with E-state index in [1.165, 1.54) is 10.9 Å². The zero-order chi connectivity index (χ0) is 11.4. The van der Waals surface area contributed by atoms with Crippen molar-refractivity contribution in [2.75, 3.05) is 20.6 Å². The number of aromatic nitrogens is 1. The standard InChI is InChI=1S/C14H16N2/c1-15(2)10-5-6-11-16-12-9-13-7-3-4-8-14(13)16/h3-4,7-9,12H,10-11H2,1-2H3. The van der Waals surface area contributed by atoms with Gasteiger partial charge in [-0.25, -0.2) is 0 Å². The Kier molecular flexibility index (Phi) is 3.28. The molecule has 0 aliphatic carbocycles. The fourth-order valence-corrected chi connectivity index (χ4v) is 1.63. The predicted octanol–water partition coefficient (Wildman–Crippen LogP) is 2.21. The van der Waals surface area contributed by atoms with Crippen molar-refractivity contribution in [2.24, 2.45) is 0 Å². The molecule has 0 aliphatic heterocycles. The molecule has 0 spiro atoms. The lowest BCUT2D eigenvalue weighted by molar-refractivity contribution is 0.463. The monoisotopic (exact) mass is 212 g/mol. The first-order valence-corrected chi connectivity index (χ1v) is 5.42. The first kappa shape index (κ1) is 10.8. The van der Waals surface area contributed by atoms with Crippen molar-refractivity contribution in [2.45, 2.75) is 6.54 Å². The third-order valence-corrected chi connectivity index (χ3v) is 2.45. The lowest BCUT2D eigenvalue weighted by Crippen LogP contribution is -2.11. The highest BCUT2D eigenvalue weighted by Crippen LogP contribution is 2.14. The molecule has 2 aromatic rings. The fourth-order valence-electron chi connectivity index (χ4n) is 1.63. The molecule has 1 aromatic carbocycles. The summed E-state index contributed by atoms with van der Waals surface area (Å²) in [5.74, 6) is 6.33. The topological polar surface area (TPSA) is 8.17 Å². The fraction of sp³-hybridized carbons (Fsp3) is 0.286. The van der Waals surface area contributed by atoms with E-state index in [1.807, 2.05) is 14.1 Å². The normalized spacial score (nSPS) is 10.4. The minimum absolute atomic E-state index is 0.765. The first-order chi connectivity index (χ1) is 7.77. The van der Waals surface area contributed by atoms with Gasteiger partial charge in [-0.2, -0.15) is 0 Å². The highest BCUT2D eigenvalue weighted by molar-refractivity contribution is 5.79. The van der Waals surface area contributed by atoms with Crippen molar-refractivity contribution in [1.82, 2.24) is 9.47 Å². The van der Waals surface area contributed by atoms with Gasteiger partial charge in [0.1, 0.15) is 0 Å². The maximum Gasteiger partial charge on any atom is 0.0838 e. The number of hydrogen-bond acceptors (Lipinski definition) is 1. The number of benzene rings is 1. The molecule has 1 heterocycles. The third kappa shape index (κ3) is 2.44. The van der Waals surface area contributed by atoms with E-state index in [-0.39, 0.29) is 0 Å². The van der Waals surface area contributed by atoms with Crippen LogP contribution in [0.5, 0.6) is 0 Å². The first-order valence-electron chi connectivity index (χ1n) is 5.42. The third-order valence-electron chi connectivity index (χ3n) is 2.45. The summed E-state index contributed by atoms with van der Waals surface area (Å²) >= 11 is 0. The summed E-state index contributed by atoms with van der Waals surface area (Å²) in [7, 11) is 4.06. The Balaban J connectivity index is 2.12. The van der Waals surface area contributed by atoms with Gasteiger partial charge >= 0.3 is 0 Å². The Labute approximate surface area is 96.5 Å². The van der Waals surface area contributed by atoms with E-state index in [0.29, 0.717) is 0 Å². The van der Waals surface area contributed by atoms with Gasteiger partial charge in [0.05, 0.1) is 13.1 Å². The molecule has 1 aromatic heterocycles. The van der Waals surface area contributed by atoms with E-state index in [2.05, 4.69) is 57.8 Å². The molecule has 82 valence electrons. The highest BCUT2D eigenvalue weighted by Gasteiger charge is 1.96. The lowest BCUT2D eigenvalue weighted by Gasteiger charge is -2.02. The molecule has 0 bridgehead atoms. The van der Waals surface area contributed by atoms with Crippen LogP contribution in [-0.2, 0) is 6.54 Å². The minimum atomic E-state index is 0.765. The molecule has 0 saturated heterocycles. The van der Waals surface area contributed by atoms with E-state index in [4.69, 9.17) is 0 Å². The Morgan fingerprint density at radius 3 is 2.75 bits per heavy atom. The summed E-state index contributed by atoms with van der Waals surface area (Å²) in [5.41, 5.74) is 1.25. The molecular weight excluding hydrogens is 196 g/mol. The summed E-state index contributed by atoms with van der Waals surface area (Å²) in [5, 5.41) is 1.27. The van der Waals surface area contributed by atoms with Crippen LogP contribution in [0.4, 0.5) is 0 Å². The van der Waals surface area contributed by atoms with Crippen LogP contribution in [-0.4, -0.2) is 30.1 Å². The smallest absolute Gasteiger partial charge is 0.0838 e. The second-order valence-corrected chi connectivity index (χ2v) is 4.09. The van der Waals surface area contributed by atoms with Gasteiger partial charge in [-0.05, 0) is 31.6 Å². The molecule has 2 nitrogen and oxygen atoms in total. The molecule has 0 aliphatic rings. The van der Waals surface area contributed by atoms with Crippen molar-refractivity contribution in [3.63, 3.8) is 0 Å². The second kappa shape index (κ2) is 4.87. The molecule has 0 atom stereocenters. The SMILES string of the molecule is CN(C)CC#CCn1ccc2ccccc21. The zero-order valence-electron chi connectivity index (χ0n) is 9.77. The molecule has 2 heteroatoms. The molecule has 2 rings (SSSR count). The summed E-state index contributed by atoms with van der Waals surface area (Å²) in [6, 6.07) is 10.5. The van der Waals surface area contributed by atoms with Crippen LogP contribution in [0.1, 0.15) is 0 Å². The van der Waals surface area contributed by atoms with Gasteiger partial charge in [-0.3, -0.25) is 4.90 Å². The van der Waals surface area contributed by atoms with Crippen molar-refractivity contribution in [1.29, 1.82) is 0 Å². The van der Waals surface area contributed by atoms with Crippen LogP contribution in [0.2, 0.25) is 0 Å². The van der Waals surface area contributed by atoms with E-state index >= 15 is 0 Å². The Morgan fingerprint density at radius 1 is 1.12 bits per heavy atom. The van der Waals surface area contributed by atoms with Crippen molar-refractivity contribution >= 4 is 10.9 Å². The van der Waals surface area contributed by atoms with Gasteiger partial charge in [-0.15, -0.1) is 0 Å². The average Bonchev–Trinajstić information content (AvgIpc) is 2.68. The van der Waals surface area contributed by atoms with Crippen LogP contribution >= 0.6 is 0 Å². The van der Waals surface area contributed by atoms with Crippen molar-refractivity contribution < 1.29 is 0 Å². The molecule has 0 N–H and O–H groups in total. The lowest BCUT2D eigenvalue weighted by atomic mass is 10.2. The molecule has 0 saturated carbocycles. The number of para-hydroxylation sites is 1. The quantitative estimate of drug-likeness (QED) is 0.693. The van der Waals surface area contributed by atoms with E-state index in [0.717, 1.165) is 13.1 Å². The number of fused-ring (bicyclic) bond motifs is 1. The van der Waals surface area contributed by atoms with E-state index < -0.39 is 0 Å². The molecule has 16 heavy (non-hydrogen) atoms. The maximum absolute atomic E-state index is 3.18. The van der Waals surface area contributed by atoms with Gasteiger partial charge in [0, 0.05) is 11.7 Å². The van der Waals surface area contributed by atoms with Crippen LogP contribution < -0.4 is 0 Å². The van der Waals surface area contributed by atoms with Crippen LogP contribution in [0.15, 0.2) is 36.5 Å². The van der Waals surface area contributed by atoms with Gasteiger partial charge in [0.25, 0.3) is 0 Å². The van der Waals surface area contributed by atoms with Gasteiger partial charge in [0.2, 0.25) is 0 Å². The van der Waals surface area contributed by atoms with E-state index in [1.54, 1.807) is 0 Å². The van der Waals surface area contributed by atoms with Gasteiger partial charge in [0.15, 0.2) is 0 Å². The van der Waals surface area contributed by atoms with E-state index in [9.17, 15) is 0 Å². The number of rotatable bonds is 2. The zero-order valence-corrected chi connectivity index (χ0v) is 9.77. The summed E-state index contributed by atoms with van der Waals surface area (Å²) in [6.07, 6.45) is 2.09. The number of hydrogen-bond donors (Lipinski definition) is 0. The van der Waals surface area contributed by atoms with Crippen molar-refractivity contribution in [3.05, 3.63) is 36.5 Å². The average molecular weight is 212 g/mol. The van der Waals surface area contributed by atoms with Gasteiger partial charge < -0.3 is 4.57 Å². The molecule has 0 fully saturated rings. The summed E-state index contributed by atoms with van der Waals surface area (Å²) < 4.78 is 2.18. The second-order valence-electron chi connectivity index (χ2n) is 4.09. The summed E-state index contributed by atoms with van der Waals surface area (Å²) in [4.78, 5) is 2.07. The van der Waals surface area contributed by atoms with Crippen LogP contribution in [0.3, 0.4) is 0 Å². The number of nitrogens with zero attached hydrogens (tertiary/aromatic N) is 2. The maximum atomic E-state index is 3.18. The molecule has 0 radical (unpaired) electrons. The Bertz CT molecular complexity index is 526. The van der Waals surface area contributed by atoms with Crippen LogP contribution in [0.25, 0.3) is 10.9 Å². The van der Waals surface area contributed by atoms with Gasteiger partial charge in [-0.1, -0.05) is 30.0 Å². The van der Waals surface area contributed by atoms with Crippen LogP contribution in [0, 0.1) is 11.8 Å². The molecule has 0 amide bonds. The Hall–Kier alpha value is -1.72. The molecule has 0 unspecified atom stereocenters. The summed E-state index contributed by atoms with van der Waals surface area (Å²) in [6.45, 7) is 1.58. The molecular formula is C14H16N2. The van der Waals surface area contributed by atoms with Crippen molar-refractivity contribution in [3.8, 4) is 11.8 Å². The minimum Gasteiger partial charge on any atom is -0.336 e. The predicted molar refractivity (Wildman–Crippen MR) is 68.3 cm³/mol.